The molecule has 0 rings (SSSR count). The zero-order valence-electron chi connectivity index (χ0n) is 46.9. The van der Waals surface area contributed by atoms with Crippen LogP contribution in [0.1, 0.15) is 252 Å². The minimum Gasteiger partial charge on any atom is -0.462 e. The lowest BCUT2D eigenvalue weighted by molar-refractivity contribution is -0.163. The molecule has 0 radical (unpaired) electrons. The van der Waals surface area contributed by atoms with E-state index in [0.29, 0.717) is 19.4 Å². The molecular weight excluding hydrogens is 885 g/mol. The van der Waals surface area contributed by atoms with Gasteiger partial charge in [0.1, 0.15) is 6.61 Å². The normalized spacial score (nSPS) is 13.2. The van der Waals surface area contributed by atoms with Crippen LogP contribution < -0.4 is 0 Å². The topological polar surface area (TPSA) is 61.8 Å². The summed E-state index contributed by atoms with van der Waals surface area (Å²) in [6, 6.07) is 0. The summed E-state index contributed by atoms with van der Waals surface area (Å²) in [5.74, 6) is -0.467. The van der Waals surface area contributed by atoms with Gasteiger partial charge in [0, 0.05) is 19.4 Å². The molecule has 1 atom stereocenters. The highest BCUT2D eigenvalue weighted by Crippen LogP contribution is 2.15. The Labute approximate surface area is 445 Å². The molecule has 5 nitrogen and oxygen atoms in total. The molecular formula is C67H110O5. The molecule has 0 N–H and O–H groups in total. The van der Waals surface area contributed by atoms with Gasteiger partial charge in [-0.25, -0.2) is 0 Å². The van der Waals surface area contributed by atoms with E-state index in [1.54, 1.807) is 0 Å². The minimum absolute atomic E-state index is 0.0385. The van der Waals surface area contributed by atoms with Crippen LogP contribution in [0.2, 0.25) is 0 Å². The molecule has 5 heteroatoms. The highest BCUT2D eigenvalue weighted by molar-refractivity contribution is 5.70. The van der Waals surface area contributed by atoms with Gasteiger partial charge in [0.05, 0.1) is 6.61 Å². The summed E-state index contributed by atoms with van der Waals surface area (Å²) < 4.78 is 17.4. The van der Waals surface area contributed by atoms with E-state index in [2.05, 4.69) is 154 Å². The molecule has 0 aliphatic rings. The summed E-state index contributed by atoms with van der Waals surface area (Å²) in [6.07, 6.45) is 87.7. The average Bonchev–Trinajstić information content (AvgIpc) is 3.38. The maximum atomic E-state index is 12.9. The molecule has 0 amide bonds. The van der Waals surface area contributed by atoms with E-state index in [0.717, 1.165) is 128 Å². The summed E-state index contributed by atoms with van der Waals surface area (Å²) in [6.45, 7) is 7.43. The lowest BCUT2D eigenvalue weighted by atomic mass is 10.0. The van der Waals surface area contributed by atoms with Gasteiger partial charge in [0.2, 0.25) is 0 Å². The Balaban J connectivity index is 4.46. The second kappa shape index (κ2) is 61.3. The van der Waals surface area contributed by atoms with E-state index in [1.807, 2.05) is 0 Å². The van der Waals surface area contributed by atoms with Gasteiger partial charge in [-0.15, -0.1) is 0 Å². The average molecular weight is 996 g/mol. The van der Waals surface area contributed by atoms with Crippen LogP contribution in [-0.4, -0.2) is 37.9 Å². The first-order valence-corrected chi connectivity index (χ1v) is 29.7. The molecule has 0 aliphatic carbocycles. The Hall–Kier alpha value is -3.96. The number of carbonyl (C=O) groups is 2. The van der Waals surface area contributed by atoms with Crippen LogP contribution in [0.4, 0.5) is 0 Å². The third-order valence-corrected chi connectivity index (χ3v) is 12.2. The highest BCUT2D eigenvalue weighted by Gasteiger charge is 2.17. The van der Waals surface area contributed by atoms with Crippen molar-refractivity contribution in [3.63, 3.8) is 0 Å². The summed E-state index contributed by atoms with van der Waals surface area (Å²) in [5, 5.41) is 0. The largest absolute Gasteiger partial charge is 0.462 e. The van der Waals surface area contributed by atoms with E-state index in [-0.39, 0.29) is 25.2 Å². The number of ether oxygens (including phenoxy) is 3. The SMILES string of the molecule is CC/C=C\C/C=C\C/C=C\C/C=C\C/C=C\C/C=C\CCCOCC(COC(=O)CCCCC/C=C\C/C=C\C/C=C\C/C=C\C/C=C\CC)OC(=O)CCCCCCCCCCCCCCCCCCC. The lowest BCUT2D eigenvalue weighted by Gasteiger charge is -2.18. The van der Waals surface area contributed by atoms with Gasteiger partial charge in [-0.2, -0.15) is 0 Å². The second-order valence-corrected chi connectivity index (χ2v) is 19.1. The third-order valence-electron chi connectivity index (χ3n) is 12.2. The van der Waals surface area contributed by atoms with Crippen molar-refractivity contribution in [2.45, 2.75) is 258 Å². The molecule has 0 saturated carbocycles. The molecule has 72 heavy (non-hydrogen) atoms. The number of esters is 2. The van der Waals surface area contributed by atoms with Gasteiger partial charge in [0.15, 0.2) is 6.10 Å². The number of carbonyl (C=O) groups excluding carboxylic acids is 2. The molecule has 0 aromatic rings. The smallest absolute Gasteiger partial charge is 0.306 e. The monoisotopic (exact) mass is 995 g/mol. The maximum Gasteiger partial charge on any atom is 0.306 e. The van der Waals surface area contributed by atoms with Gasteiger partial charge in [-0.05, 0) is 109 Å². The minimum atomic E-state index is -0.589. The van der Waals surface area contributed by atoms with Crippen molar-refractivity contribution in [3.8, 4) is 0 Å². The van der Waals surface area contributed by atoms with Crippen LogP contribution in [0.5, 0.6) is 0 Å². The van der Waals surface area contributed by atoms with Gasteiger partial charge < -0.3 is 14.2 Å². The van der Waals surface area contributed by atoms with Crippen molar-refractivity contribution in [2.24, 2.45) is 0 Å². The second-order valence-electron chi connectivity index (χ2n) is 19.1. The number of unbranched alkanes of at least 4 members (excludes halogenated alkanes) is 20. The van der Waals surface area contributed by atoms with Crippen molar-refractivity contribution in [1.29, 1.82) is 0 Å². The van der Waals surface area contributed by atoms with E-state index in [9.17, 15) is 9.59 Å². The van der Waals surface area contributed by atoms with Crippen LogP contribution in [0.15, 0.2) is 134 Å². The Morgan fingerprint density at radius 2 is 0.625 bits per heavy atom. The van der Waals surface area contributed by atoms with Crippen molar-refractivity contribution in [2.75, 3.05) is 19.8 Å². The van der Waals surface area contributed by atoms with Gasteiger partial charge in [0.25, 0.3) is 0 Å². The summed E-state index contributed by atoms with van der Waals surface area (Å²) in [7, 11) is 0. The van der Waals surface area contributed by atoms with Crippen LogP contribution >= 0.6 is 0 Å². The Kier molecular flexibility index (Phi) is 58.0. The van der Waals surface area contributed by atoms with E-state index < -0.39 is 6.10 Å². The Morgan fingerprint density at radius 3 is 1.00 bits per heavy atom. The van der Waals surface area contributed by atoms with E-state index in [4.69, 9.17) is 14.2 Å². The fourth-order valence-electron chi connectivity index (χ4n) is 7.85. The molecule has 1 unspecified atom stereocenters. The number of hydrogen-bond donors (Lipinski definition) is 0. The molecule has 0 fully saturated rings. The fourth-order valence-corrected chi connectivity index (χ4v) is 7.85. The zero-order chi connectivity index (χ0) is 52.0. The van der Waals surface area contributed by atoms with Crippen molar-refractivity contribution >= 4 is 11.9 Å². The molecule has 0 spiro atoms. The molecule has 0 saturated heterocycles. The molecule has 0 aliphatic heterocycles. The third kappa shape index (κ3) is 58.6. The first kappa shape index (κ1) is 68.0. The van der Waals surface area contributed by atoms with Gasteiger partial charge in [-0.1, -0.05) is 264 Å². The first-order valence-electron chi connectivity index (χ1n) is 29.7. The zero-order valence-corrected chi connectivity index (χ0v) is 46.9. The molecule has 0 aromatic carbocycles. The van der Waals surface area contributed by atoms with Crippen molar-refractivity contribution < 1.29 is 23.8 Å². The predicted molar refractivity (Wildman–Crippen MR) is 315 cm³/mol. The van der Waals surface area contributed by atoms with E-state index >= 15 is 0 Å². The lowest BCUT2D eigenvalue weighted by Crippen LogP contribution is -2.30. The van der Waals surface area contributed by atoms with Crippen LogP contribution in [0.25, 0.3) is 0 Å². The Bertz CT molecular complexity index is 1500. The van der Waals surface area contributed by atoms with Gasteiger partial charge in [-0.3, -0.25) is 9.59 Å². The van der Waals surface area contributed by atoms with E-state index in [1.165, 1.54) is 89.9 Å². The molecule has 408 valence electrons. The first-order chi connectivity index (χ1) is 35.6. The number of rotatable bonds is 53. The van der Waals surface area contributed by atoms with Gasteiger partial charge >= 0.3 is 11.9 Å². The quantitative estimate of drug-likeness (QED) is 0.0345. The molecule has 0 aromatic heterocycles. The summed E-state index contributed by atoms with van der Waals surface area (Å²) in [5.41, 5.74) is 0. The highest BCUT2D eigenvalue weighted by atomic mass is 16.6. The number of hydrogen-bond acceptors (Lipinski definition) is 5. The molecule has 0 bridgehead atoms. The predicted octanol–water partition coefficient (Wildman–Crippen LogP) is 20.7. The summed E-state index contributed by atoms with van der Waals surface area (Å²) in [4.78, 5) is 25.6. The Morgan fingerprint density at radius 1 is 0.319 bits per heavy atom. The van der Waals surface area contributed by atoms with Crippen LogP contribution in [-0.2, 0) is 23.8 Å². The maximum absolute atomic E-state index is 12.9. The fraction of sp³-hybridized carbons (Fsp3) is 0.642. The number of allylic oxidation sites excluding steroid dienone is 22. The van der Waals surface area contributed by atoms with Crippen molar-refractivity contribution in [1.82, 2.24) is 0 Å². The summed E-state index contributed by atoms with van der Waals surface area (Å²) >= 11 is 0. The molecule has 0 heterocycles. The van der Waals surface area contributed by atoms with Crippen LogP contribution in [0, 0.1) is 0 Å². The van der Waals surface area contributed by atoms with Crippen LogP contribution in [0.3, 0.4) is 0 Å². The standard InChI is InChI=1S/C67H110O5/c1-4-7-10-13-16-19-22-25-28-31-33-35-38-41-44-47-50-53-56-59-62-70-63-65(72-67(69)61-58-55-52-49-46-43-40-36-30-27-24-21-18-15-12-9-6-3)64-71-66(68)60-57-54-51-48-45-42-39-37-34-32-29-26-23-20-17-14-11-8-5-2/h7-8,10-11,16-17,19-20,25-26,28-29,33-35,37,41-42,44-45,50,53,65H,4-6,9,12-15,18,21-24,27,30-32,36,38-40,43,46-49,51-52,54-64H2,1-3H3/b10-7-,11-8-,19-16-,20-17-,28-25-,29-26-,35-33-,37-34-,44-41-,45-42-,53-50-. The van der Waals surface area contributed by atoms with Crippen molar-refractivity contribution in [3.05, 3.63) is 134 Å².